The average molecular weight is 440 g/mol. The maximum atomic E-state index is 12.8. The molecule has 1 aromatic carbocycles. The Bertz CT molecular complexity index is 952. The summed E-state index contributed by atoms with van der Waals surface area (Å²) < 4.78 is 5.32. The second kappa shape index (κ2) is 10.2. The van der Waals surface area contributed by atoms with Crippen molar-refractivity contribution in [2.75, 3.05) is 32.7 Å². The van der Waals surface area contributed by atoms with E-state index in [2.05, 4.69) is 50.4 Å². The highest BCUT2D eigenvalue weighted by molar-refractivity contribution is 7.10. The van der Waals surface area contributed by atoms with Crippen molar-refractivity contribution in [3.05, 3.63) is 70.0 Å². The van der Waals surface area contributed by atoms with Gasteiger partial charge in [0.2, 0.25) is 11.8 Å². The number of piperazine rings is 1. The third-order valence-corrected chi connectivity index (χ3v) is 6.71. The van der Waals surface area contributed by atoms with E-state index in [0.29, 0.717) is 18.1 Å². The van der Waals surface area contributed by atoms with Gasteiger partial charge in [-0.3, -0.25) is 9.69 Å². The number of carbonyl (C=O) groups is 1. The first-order chi connectivity index (χ1) is 15.1. The van der Waals surface area contributed by atoms with E-state index in [4.69, 9.17) is 4.52 Å². The zero-order chi connectivity index (χ0) is 21.6. The number of thiophene rings is 1. The summed E-state index contributed by atoms with van der Waals surface area (Å²) in [5.74, 6) is 1.42. The van der Waals surface area contributed by atoms with Gasteiger partial charge in [0.05, 0.1) is 12.1 Å². The summed E-state index contributed by atoms with van der Waals surface area (Å²) >= 11 is 1.67. The number of nitrogens with zero attached hydrogens (tertiary/aromatic N) is 4. The third-order valence-electron chi connectivity index (χ3n) is 5.78. The smallest absolute Gasteiger partial charge is 0.243 e. The molecule has 1 aliphatic rings. The number of nitrogens with one attached hydrogen (secondary N) is 1. The summed E-state index contributed by atoms with van der Waals surface area (Å²) in [5, 5.41) is 9.18. The molecule has 164 valence electrons. The predicted octanol–water partition coefficient (Wildman–Crippen LogP) is 3.41. The molecule has 1 fully saturated rings. The van der Waals surface area contributed by atoms with Crippen LogP contribution in [-0.2, 0) is 4.79 Å². The van der Waals surface area contributed by atoms with Crippen LogP contribution in [0.3, 0.4) is 0 Å². The molecule has 0 aliphatic carbocycles. The zero-order valence-electron chi connectivity index (χ0n) is 18.0. The molecule has 7 nitrogen and oxygen atoms in total. The van der Waals surface area contributed by atoms with Crippen molar-refractivity contribution in [2.45, 2.75) is 32.4 Å². The molecular formula is C23H29N5O2S. The molecule has 1 saturated heterocycles. The normalized spacial score (nSPS) is 17.4. The molecule has 8 heteroatoms. The Hall–Kier alpha value is -2.55. The quantitative estimate of drug-likeness (QED) is 0.580. The Morgan fingerprint density at radius 3 is 2.58 bits per heavy atom. The van der Waals surface area contributed by atoms with E-state index in [1.165, 1.54) is 0 Å². The fourth-order valence-corrected chi connectivity index (χ4v) is 4.73. The second-order valence-corrected chi connectivity index (χ2v) is 8.89. The molecule has 31 heavy (non-hydrogen) atoms. The maximum absolute atomic E-state index is 12.8. The first kappa shape index (κ1) is 21.7. The van der Waals surface area contributed by atoms with Crippen molar-refractivity contribution in [2.24, 2.45) is 0 Å². The SMILES string of the molecule is Cc1noc(C(C)N2CCN(CCC(=O)NC(c3ccccc3)c3cccs3)CC2)n1. The zero-order valence-corrected chi connectivity index (χ0v) is 18.8. The minimum Gasteiger partial charge on any atom is -0.344 e. The van der Waals surface area contributed by atoms with E-state index in [1.807, 2.05) is 36.6 Å². The Balaban J connectivity index is 1.26. The number of rotatable bonds is 8. The summed E-state index contributed by atoms with van der Waals surface area (Å²) in [6.07, 6.45) is 0.493. The second-order valence-electron chi connectivity index (χ2n) is 7.91. The van der Waals surface area contributed by atoms with Crippen LogP contribution in [0.2, 0.25) is 0 Å². The van der Waals surface area contributed by atoms with Crippen LogP contribution in [0.5, 0.6) is 0 Å². The highest BCUT2D eigenvalue weighted by Gasteiger charge is 2.26. The van der Waals surface area contributed by atoms with E-state index in [1.54, 1.807) is 11.3 Å². The number of aromatic nitrogens is 2. The van der Waals surface area contributed by atoms with Gasteiger partial charge in [-0.15, -0.1) is 11.3 Å². The Labute approximate surface area is 187 Å². The topological polar surface area (TPSA) is 74.5 Å². The molecule has 2 unspecified atom stereocenters. The van der Waals surface area contributed by atoms with Gasteiger partial charge in [0, 0.05) is 44.0 Å². The molecule has 3 aromatic rings. The molecule has 1 amide bonds. The van der Waals surface area contributed by atoms with Crippen LogP contribution in [0, 0.1) is 6.92 Å². The van der Waals surface area contributed by atoms with Gasteiger partial charge in [0.15, 0.2) is 5.82 Å². The Morgan fingerprint density at radius 1 is 1.16 bits per heavy atom. The molecular weight excluding hydrogens is 410 g/mol. The van der Waals surface area contributed by atoms with Gasteiger partial charge in [0.1, 0.15) is 0 Å². The lowest BCUT2D eigenvalue weighted by Crippen LogP contribution is -2.48. The van der Waals surface area contributed by atoms with Crippen molar-refractivity contribution in [1.82, 2.24) is 25.3 Å². The molecule has 2 atom stereocenters. The summed E-state index contributed by atoms with van der Waals surface area (Å²) in [6, 6.07) is 14.3. The van der Waals surface area contributed by atoms with Crippen molar-refractivity contribution < 1.29 is 9.32 Å². The fraction of sp³-hybridized carbons (Fsp3) is 0.435. The summed E-state index contributed by atoms with van der Waals surface area (Å²) in [7, 11) is 0. The lowest BCUT2D eigenvalue weighted by Gasteiger charge is -2.36. The number of benzene rings is 1. The molecule has 3 heterocycles. The van der Waals surface area contributed by atoms with E-state index < -0.39 is 0 Å². The number of carbonyl (C=O) groups excluding carboxylic acids is 1. The van der Waals surface area contributed by atoms with Crippen LogP contribution in [0.15, 0.2) is 52.4 Å². The number of amides is 1. The fourth-order valence-electron chi connectivity index (χ4n) is 3.93. The molecule has 4 rings (SSSR count). The first-order valence-electron chi connectivity index (χ1n) is 10.7. The molecule has 0 bridgehead atoms. The number of hydrogen-bond donors (Lipinski definition) is 1. The standard InChI is InChI=1S/C23H29N5O2S/c1-17(23-24-18(2)26-30-23)28-14-12-27(13-15-28)11-10-21(29)25-22(20-9-6-16-31-20)19-7-4-3-5-8-19/h3-9,16-17,22H,10-15H2,1-2H3,(H,25,29). The molecule has 1 N–H and O–H groups in total. The summed E-state index contributed by atoms with van der Waals surface area (Å²) in [4.78, 5) is 23.0. The van der Waals surface area contributed by atoms with Gasteiger partial charge in [-0.05, 0) is 30.9 Å². The van der Waals surface area contributed by atoms with E-state index >= 15 is 0 Å². The summed E-state index contributed by atoms with van der Waals surface area (Å²) in [6.45, 7) is 8.40. The van der Waals surface area contributed by atoms with Gasteiger partial charge >= 0.3 is 0 Å². The lowest BCUT2D eigenvalue weighted by molar-refractivity contribution is -0.122. The Morgan fingerprint density at radius 2 is 1.94 bits per heavy atom. The van der Waals surface area contributed by atoms with Crippen molar-refractivity contribution in [3.63, 3.8) is 0 Å². The van der Waals surface area contributed by atoms with Crippen LogP contribution in [0.25, 0.3) is 0 Å². The van der Waals surface area contributed by atoms with Gasteiger partial charge in [-0.1, -0.05) is 41.6 Å². The van der Waals surface area contributed by atoms with E-state index in [9.17, 15) is 4.79 Å². The van der Waals surface area contributed by atoms with Crippen molar-refractivity contribution in [1.29, 1.82) is 0 Å². The number of aryl methyl sites for hydroxylation is 1. The average Bonchev–Trinajstić information content (AvgIpc) is 3.49. The van der Waals surface area contributed by atoms with E-state index in [-0.39, 0.29) is 18.0 Å². The van der Waals surface area contributed by atoms with Crippen LogP contribution < -0.4 is 5.32 Å². The van der Waals surface area contributed by atoms with E-state index in [0.717, 1.165) is 43.2 Å². The first-order valence-corrected chi connectivity index (χ1v) is 11.6. The molecule has 0 saturated carbocycles. The van der Waals surface area contributed by atoms with Crippen LogP contribution in [0.4, 0.5) is 0 Å². The van der Waals surface area contributed by atoms with Crippen molar-refractivity contribution >= 4 is 17.2 Å². The largest absolute Gasteiger partial charge is 0.344 e. The highest BCUT2D eigenvalue weighted by Crippen LogP contribution is 2.26. The predicted molar refractivity (Wildman–Crippen MR) is 121 cm³/mol. The van der Waals surface area contributed by atoms with Gasteiger partial charge in [-0.2, -0.15) is 4.98 Å². The number of hydrogen-bond acceptors (Lipinski definition) is 7. The third kappa shape index (κ3) is 5.58. The minimum absolute atomic E-state index is 0.0828. The van der Waals surface area contributed by atoms with Crippen LogP contribution in [-0.4, -0.2) is 58.6 Å². The molecule has 2 aromatic heterocycles. The van der Waals surface area contributed by atoms with Gasteiger partial charge in [0.25, 0.3) is 0 Å². The molecule has 0 spiro atoms. The van der Waals surface area contributed by atoms with Gasteiger partial charge < -0.3 is 14.7 Å². The Kier molecular flexibility index (Phi) is 7.11. The monoisotopic (exact) mass is 439 g/mol. The highest BCUT2D eigenvalue weighted by atomic mass is 32.1. The molecule has 0 radical (unpaired) electrons. The summed E-state index contributed by atoms with van der Waals surface area (Å²) in [5.41, 5.74) is 1.11. The van der Waals surface area contributed by atoms with Crippen molar-refractivity contribution in [3.8, 4) is 0 Å². The molecule has 1 aliphatic heterocycles. The minimum atomic E-state index is -0.0933. The lowest BCUT2D eigenvalue weighted by atomic mass is 10.1. The van der Waals surface area contributed by atoms with Crippen LogP contribution >= 0.6 is 11.3 Å². The maximum Gasteiger partial charge on any atom is 0.243 e. The van der Waals surface area contributed by atoms with Gasteiger partial charge in [-0.25, -0.2) is 0 Å². The van der Waals surface area contributed by atoms with Crippen LogP contribution in [0.1, 0.15) is 47.6 Å².